The molecule has 0 aliphatic heterocycles. The molecule has 3 aromatic rings. The summed E-state index contributed by atoms with van der Waals surface area (Å²) in [5.74, 6) is 1.53. The number of ether oxygens (including phenoxy) is 1. The first-order chi connectivity index (χ1) is 13.1. The van der Waals surface area contributed by atoms with Gasteiger partial charge in [-0.2, -0.15) is 0 Å². The first-order valence-electron chi connectivity index (χ1n) is 9.51. The molecule has 0 unspecified atom stereocenters. The Morgan fingerprint density at radius 1 is 1.11 bits per heavy atom. The van der Waals surface area contributed by atoms with Gasteiger partial charge in [0.2, 0.25) is 0 Å². The van der Waals surface area contributed by atoms with E-state index in [4.69, 9.17) is 22.1 Å². The molecular formula is C21H28ClN4O+. The van der Waals surface area contributed by atoms with E-state index in [1.807, 2.05) is 30.3 Å². The molecule has 0 spiro atoms. The van der Waals surface area contributed by atoms with Crippen LogP contribution in [0.1, 0.15) is 13.8 Å². The average molecular weight is 388 g/mol. The van der Waals surface area contributed by atoms with Crippen molar-refractivity contribution in [2.75, 3.05) is 32.0 Å². The SMILES string of the molecule is CCN(CC)CC[n+]1c(N)n(CCOc2cccc(Cl)c2)c2ccccc21. The van der Waals surface area contributed by atoms with Crippen LogP contribution in [-0.2, 0) is 13.1 Å². The zero-order valence-electron chi connectivity index (χ0n) is 16.1. The van der Waals surface area contributed by atoms with Gasteiger partial charge in [0.15, 0.2) is 0 Å². The van der Waals surface area contributed by atoms with Crippen LogP contribution in [-0.4, -0.2) is 35.7 Å². The molecule has 2 N–H and O–H groups in total. The highest BCUT2D eigenvalue weighted by molar-refractivity contribution is 6.30. The molecule has 0 aliphatic carbocycles. The number of anilines is 1. The number of hydrogen-bond donors (Lipinski definition) is 1. The number of rotatable bonds is 9. The van der Waals surface area contributed by atoms with Crippen molar-refractivity contribution in [1.82, 2.24) is 9.47 Å². The molecule has 0 saturated carbocycles. The van der Waals surface area contributed by atoms with Crippen LogP contribution in [0.2, 0.25) is 5.02 Å². The lowest BCUT2D eigenvalue weighted by atomic mass is 10.3. The minimum absolute atomic E-state index is 0.527. The number of para-hydroxylation sites is 2. The van der Waals surface area contributed by atoms with Gasteiger partial charge in [-0.05, 0) is 43.4 Å². The van der Waals surface area contributed by atoms with Crippen molar-refractivity contribution in [1.29, 1.82) is 0 Å². The minimum Gasteiger partial charge on any atom is -0.490 e. The highest BCUT2D eigenvalue weighted by atomic mass is 35.5. The lowest BCUT2D eigenvalue weighted by Crippen LogP contribution is -2.42. The summed E-state index contributed by atoms with van der Waals surface area (Å²) >= 11 is 6.02. The van der Waals surface area contributed by atoms with Crippen molar-refractivity contribution in [2.45, 2.75) is 26.9 Å². The van der Waals surface area contributed by atoms with E-state index in [-0.39, 0.29) is 0 Å². The summed E-state index contributed by atoms with van der Waals surface area (Å²) in [6, 6.07) is 15.8. The zero-order valence-corrected chi connectivity index (χ0v) is 16.8. The van der Waals surface area contributed by atoms with Gasteiger partial charge in [0.1, 0.15) is 29.9 Å². The standard InChI is InChI=1S/C21H27ClN4O/c1-3-24(4-2)12-13-25-19-10-5-6-11-20(19)26(21(25)23)14-15-27-18-9-7-8-17(22)16-18/h5-11,16,23H,3-4,12-15H2,1-2H3/p+1. The Morgan fingerprint density at radius 2 is 1.89 bits per heavy atom. The Kier molecular flexibility index (Phi) is 6.58. The molecule has 1 aromatic heterocycles. The number of nitrogens with two attached hydrogens (primary N) is 1. The van der Waals surface area contributed by atoms with Gasteiger partial charge in [0.25, 0.3) is 0 Å². The van der Waals surface area contributed by atoms with E-state index in [1.54, 1.807) is 0 Å². The van der Waals surface area contributed by atoms with Crippen LogP contribution in [0.5, 0.6) is 5.75 Å². The molecule has 3 rings (SSSR count). The van der Waals surface area contributed by atoms with Crippen LogP contribution in [0, 0.1) is 0 Å². The second kappa shape index (κ2) is 9.11. The molecule has 6 heteroatoms. The van der Waals surface area contributed by atoms with Crippen molar-refractivity contribution < 1.29 is 9.30 Å². The smallest absolute Gasteiger partial charge is 0.356 e. The van der Waals surface area contributed by atoms with Crippen LogP contribution in [0.4, 0.5) is 5.95 Å². The molecule has 0 fully saturated rings. The Morgan fingerprint density at radius 3 is 2.63 bits per heavy atom. The second-order valence-electron chi connectivity index (χ2n) is 6.48. The maximum atomic E-state index is 6.52. The summed E-state index contributed by atoms with van der Waals surface area (Å²) < 4.78 is 10.2. The number of hydrogen-bond acceptors (Lipinski definition) is 3. The van der Waals surface area contributed by atoms with Gasteiger partial charge in [-0.3, -0.25) is 5.73 Å². The van der Waals surface area contributed by atoms with Crippen molar-refractivity contribution in [3.05, 3.63) is 53.6 Å². The number of nitrogen functional groups attached to an aromatic ring is 1. The topological polar surface area (TPSA) is 47.3 Å². The highest BCUT2D eigenvalue weighted by Crippen LogP contribution is 2.19. The molecule has 1 heterocycles. The van der Waals surface area contributed by atoms with Crippen molar-refractivity contribution in [3.63, 3.8) is 0 Å². The van der Waals surface area contributed by atoms with Crippen LogP contribution in [0.15, 0.2) is 48.5 Å². The van der Waals surface area contributed by atoms with Gasteiger partial charge in [-0.1, -0.05) is 43.6 Å². The van der Waals surface area contributed by atoms with Crippen LogP contribution >= 0.6 is 11.6 Å². The van der Waals surface area contributed by atoms with Crippen molar-refractivity contribution >= 4 is 28.6 Å². The number of fused-ring (bicyclic) bond motifs is 1. The molecule has 0 atom stereocenters. The largest absolute Gasteiger partial charge is 0.490 e. The number of halogens is 1. The number of imidazole rings is 1. The van der Waals surface area contributed by atoms with Crippen LogP contribution in [0.25, 0.3) is 11.0 Å². The average Bonchev–Trinajstić information content (AvgIpc) is 2.94. The summed E-state index contributed by atoms with van der Waals surface area (Å²) in [7, 11) is 0. The summed E-state index contributed by atoms with van der Waals surface area (Å²) in [6.45, 7) is 9.52. The minimum atomic E-state index is 0.527. The Hall–Kier alpha value is -2.24. The fraction of sp³-hybridized carbons (Fsp3) is 0.381. The van der Waals surface area contributed by atoms with E-state index in [0.717, 1.165) is 48.9 Å². The summed E-state index contributed by atoms with van der Waals surface area (Å²) in [5.41, 5.74) is 8.81. The fourth-order valence-electron chi connectivity index (χ4n) is 3.38. The third-order valence-electron chi connectivity index (χ3n) is 4.93. The Balaban J connectivity index is 1.77. The van der Waals surface area contributed by atoms with E-state index in [2.05, 4.69) is 46.1 Å². The monoisotopic (exact) mass is 387 g/mol. The second-order valence-corrected chi connectivity index (χ2v) is 6.92. The quantitative estimate of drug-likeness (QED) is 0.571. The Labute approximate surface area is 165 Å². The molecule has 0 radical (unpaired) electrons. The van der Waals surface area contributed by atoms with Gasteiger partial charge >= 0.3 is 5.95 Å². The maximum absolute atomic E-state index is 6.52. The zero-order chi connectivity index (χ0) is 19.2. The molecule has 144 valence electrons. The first-order valence-corrected chi connectivity index (χ1v) is 9.89. The lowest BCUT2D eigenvalue weighted by Gasteiger charge is -2.17. The van der Waals surface area contributed by atoms with Crippen LogP contribution in [0.3, 0.4) is 0 Å². The molecular weight excluding hydrogens is 360 g/mol. The number of likely N-dealkylation sites (N-methyl/N-ethyl adjacent to an activating group) is 1. The first kappa shape index (κ1) is 19.5. The lowest BCUT2D eigenvalue weighted by molar-refractivity contribution is -0.657. The number of aromatic nitrogens is 2. The highest BCUT2D eigenvalue weighted by Gasteiger charge is 2.20. The fourth-order valence-corrected chi connectivity index (χ4v) is 3.56. The van der Waals surface area contributed by atoms with Gasteiger partial charge in [-0.15, -0.1) is 0 Å². The molecule has 0 saturated heterocycles. The summed E-state index contributed by atoms with van der Waals surface area (Å²) in [5, 5.41) is 0.674. The van der Waals surface area contributed by atoms with E-state index in [9.17, 15) is 0 Å². The molecule has 2 aromatic carbocycles. The number of nitrogens with zero attached hydrogens (tertiary/aromatic N) is 3. The molecule has 0 bridgehead atoms. The summed E-state index contributed by atoms with van der Waals surface area (Å²) in [6.07, 6.45) is 0. The van der Waals surface area contributed by atoms with Gasteiger partial charge in [-0.25, -0.2) is 9.13 Å². The van der Waals surface area contributed by atoms with Crippen LogP contribution < -0.4 is 15.0 Å². The Bertz CT molecular complexity index is 889. The van der Waals surface area contributed by atoms with Gasteiger partial charge < -0.3 is 9.64 Å². The number of benzene rings is 2. The van der Waals surface area contributed by atoms with Crippen molar-refractivity contribution in [2.24, 2.45) is 0 Å². The normalized spacial score (nSPS) is 11.4. The predicted octanol–water partition coefficient (Wildman–Crippen LogP) is 3.59. The third kappa shape index (κ3) is 4.54. The van der Waals surface area contributed by atoms with E-state index >= 15 is 0 Å². The molecule has 0 amide bonds. The van der Waals surface area contributed by atoms with E-state index in [1.165, 1.54) is 0 Å². The van der Waals surface area contributed by atoms with Crippen molar-refractivity contribution in [3.8, 4) is 5.75 Å². The predicted molar refractivity (Wildman–Crippen MR) is 111 cm³/mol. The van der Waals surface area contributed by atoms with Gasteiger partial charge in [0, 0.05) is 11.6 Å². The summed E-state index contributed by atoms with van der Waals surface area (Å²) in [4.78, 5) is 2.40. The van der Waals surface area contributed by atoms with E-state index in [0.29, 0.717) is 18.2 Å². The van der Waals surface area contributed by atoms with Gasteiger partial charge in [0.05, 0.1) is 6.54 Å². The molecule has 27 heavy (non-hydrogen) atoms. The third-order valence-corrected chi connectivity index (χ3v) is 5.17. The molecule has 5 nitrogen and oxygen atoms in total. The molecule has 0 aliphatic rings. The van der Waals surface area contributed by atoms with E-state index < -0.39 is 0 Å². The maximum Gasteiger partial charge on any atom is 0.356 e.